The quantitative estimate of drug-likeness (QED) is 0.407. The van der Waals surface area contributed by atoms with Crippen molar-refractivity contribution >= 4 is 41.7 Å². The summed E-state index contributed by atoms with van der Waals surface area (Å²) in [6.07, 6.45) is 8.42. The van der Waals surface area contributed by atoms with Crippen molar-refractivity contribution in [2.75, 3.05) is 32.4 Å². The second-order valence-electron chi connectivity index (χ2n) is 6.70. The molecular weight excluding hydrogens is 449 g/mol. The summed E-state index contributed by atoms with van der Waals surface area (Å²) in [6.45, 7) is 5.01. The Morgan fingerprint density at radius 1 is 1.36 bits per heavy atom. The largest absolute Gasteiger partial charge is 0.356 e. The van der Waals surface area contributed by atoms with Crippen LogP contribution in [0.1, 0.15) is 50.7 Å². The lowest BCUT2D eigenvalue weighted by molar-refractivity contribution is 0.293. The molecule has 2 heterocycles. The van der Waals surface area contributed by atoms with E-state index in [2.05, 4.69) is 37.1 Å². The standard InChI is InChI=1S/C17H29N5OS.HI/c1-3-15-20-14(21-23-15)7-10-19-16(18-2)22-11-12-24-17(13-22)8-5-4-6-9-17;/h3-13H2,1-2H3,(H,18,19);1H. The Kier molecular flexibility index (Phi) is 8.31. The van der Waals surface area contributed by atoms with Crippen molar-refractivity contribution in [3.8, 4) is 0 Å². The van der Waals surface area contributed by atoms with Crippen molar-refractivity contribution in [3.05, 3.63) is 11.7 Å². The first kappa shape index (κ1) is 20.8. The number of rotatable bonds is 4. The van der Waals surface area contributed by atoms with E-state index in [1.54, 1.807) is 0 Å². The molecule has 6 nitrogen and oxygen atoms in total. The molecule has 0 unspecified atom stereocenters. The third-order valence-corrected chi connectivity index (χ3v) is 6.51. The van der Waals surface area contributed by atoms with E-state index in [-0.39, 0.29) is 24.0 Å². The first-order chi connectivity index (χ1) is 11.7. The molecule has 1 aromatic heterocycles. The number of hydrogen-bond acceptors (Lipinski definition) is 5. The van der Waals surface area contributed by atoms with E-state index in [0.717, 1.165) is 44.3 Å². The van der Waals surface area contributed by atoms with Crippen molar-refractivity contribution in [2.45, 2.75) is 56.6 Å². The van der Waals surface area contributed by atoms with Crippen molar-refractivity contribution in [2.24, 2.45) is 4.99 Å². The highest BCUT2D eigenvalue weighted by Crippen LogP contribution is 2.42. The van der Waals surface area contributed by atoms with Gasteiger partial charge in [-0.3, -0.25) is 4.99 Å². The number of aromatic nitrogens is 2. The molecule has 1 saturated heterocycles. The Bertz CT molecular complexity index is 553. The average molecular weight is 479 g/mol. The molecule has 0 aromatic carbocycles. The van der Waals surface area contributed by atoms with Gasteiger partial charge in [-0.25, -0.2) is 0 Å². The van der Waals surface area contributed by atoms with Gasteiger partial charge in [0, 0.05) is 50.0 Å². The van der Waals surface area contributed by atoms with E-state index in [9.17, 15) is 0 Å². The maximum absolute atomic E-state index is 5.16. The number of aryl methyl sites for hydroxylation is 1. The molecule has 25 heavy (non-hydrogen) atoms. The fraction of sp³-hybridized carbons (Fsp3) is 0.824. The van der Waals surface area contributed by atoms with Crippen LogP contribution in [-0.2, 0) is 12.8 Å². The van der Waals surface area contributed by atoms with Crippen LogP contribution < -0.4 is 5.32 Å². The molecule has 1 aliphatic heterocycles. The summed E-state index contributed by atoms with van der Waals surface area (Å²) in [4.78, 5) is 11.3. The molecule has 2 aliphatic rings. The SMILES string of the molecule is CCc1nc(CCNC(=NC)N2CCSC3(CCCCC3)C2)no1.I. The summed E-state index contributed by atoms with van der Waals surface area (Å²) in [6, 6.07) is 0. The molecule has 142 valence electrons. The number of hydrogen-bond donors (Lipinski definition) is 1. The van der Waals surface area contributed by atoms with E-state index in [0.29, 0.717) is 10.6 Å². The number of guanidine groups is 1. The highest BCUT2D eigenvalue weighted by atomic mass is 127. The second-order valence-corrected chi connectivity index (χ2v) is 8.26. The fourth-order valence-electron chi connectivity index (χ4n) is 3.68. The summed E-state index contributed by atoms with van der Waals surface area (Å²) in [5.41, 5.74) is 0. The molecule has 1 spiro atoms. The van der Waals surface area contributed by atoms with Gasteiger partial charge in [-0.15, -0.1) is 24.0 Å². The van der Waals surface area contributed by atoms with E-state index in [4.69, 9.17) is 4.52 Å². The average Bonchev–Trinajstić information content (AvgIpc) is 3.07. The molecule has 1 aromatic rings. The van der Waals surface area contributed by atoms with Gasteiger partial charge in [0.05, 0.1) is 0 Å². The second kappa shape index (κ2) is 9.99. The molecule has 2 fully saturated rings. The van der Waals surface area contributed by atoms with Crippen LogP contribution in [0.5, 0.6) is 0 Å². The lowest BCUT2D eigenvalue weighted by Crippen LogP contribution is -2.53. The molecule has 0 atom stereocenters. The van der Waals surface area contributed by atoms with Crippen LogP contribution in [0.2, 0.25) is 0 Å². The van der Waals surface area contributed by atoms with Crippen molar-refractivity contribution in [1.29, 1.82) is 0 Å². The number of halogens is 1. The van der Waals surface area contributed by atoms with Crippen molar-refractivity contribution in [1.82, 2.24) is 20.4 Å². The van der Waals surface area contributed by atoms with Gasteiger partial charge in [0.2, 0.25) is 5.89 Å². The van der Waals surface area contributed by atoms with E-state index in [1.165, 1.54) is 37.9 Å². The summed E-state index contributed by atoms with van der Waals surface area (Å²) >= 11 is 2.19. The van der Waals surface area contributed by atoms with Crippen LogP contribution in [0.25, 0.3) is 0 Å². The third kappa shape index (κ3) is 5.48. The lowest BCUT2D eigenvalue weighted by Gasteiger charge is -2.45. The number of thioether (sulfide) groups is 1. The van der Waals surface area contributed by atoms with Crippen LogP contribution in [0.4, 0.5) is 0 Å². The molecular formula is C17H30IN5OS. The highest BCUT2D eigenvalue weighted by molar-refractivity contribution is 14.0. The van der Waals surface area contributed by atoms with Gasteiger partial charge in [0.25, 0.3) is 0 Å². The van der Waals surface area contributed by atoms with Gasteiger partial charge < -0.3 is 14.7 Å². The van der Waals surface area contributed by atoms with Crippen LogP contribution in [-0.4, -0.2) is 58.2 Å². The minimum absolute atomic E-state index is 0. The predicted molar refractivity (Wildman–Crippen MR) is 114 cm³/mol. The predicted octanol–water partition coefficient (Wildman–Crippen LogP) is 3.12. The van der Waals surface area contributed by atoms with Crippen molar-refractivity contribution in [3.63, 3.8) is 0 Å². The van der Waals surface area contributed by atoms with Gasteiger partial charge in [-0.2, -0.15) is 16.7 Å². The van der Waals surface area contributed by atoms with Gasteiger partial charge in [-0.05, 0) is 12.8 Å². The molecule has 0 amide bonds. The zero-order valence-electron chi connectivity index (χ0n) is 15.3. The molecule has 1 N–H and O–H groups in total. The Labute approximate surface area is 172 Å². The van der Waals surface area contributed by atoms with Crippen molar-refractivity contribution < 1.29 is 4.52 Å². The van der Waals surface area contributed by atoms with Gasteiger partial charge >= 0.3 is 0 Å². The molecule has 8 heteroatoms. The molecule has 3 rings (SSSR count). The van der Waals surface area contributed by atoms with Crippen LogP contribution in [0.3, 0.4) is 0 Å². The van der Waals surface area contributed by atoms with Crippen LogP contribution in [0, 0.1) is 0 Å². The molecule has 1 aliphatic carbocycles. The third-order valence-electron chi connectivity index (χ3n) is 4.97. The normalized spacial score (nSPS) is 20.4. The minimum Gasteiger partial charge on any atom is -0.356 e. The van der Waals surface area contributed by atoms with Gasteiger partial charge in [0.15, 0.2) is 11.8 Å². The topological polar surface area (TPSA) is 66.6 Å². The van der Waals surface area contributed by atoms with Gasteiger partial charge in [-0.1, -0.05) is 31.3 Å². The number of nitrogens with zero attached hydrogens (tertiary/aromatic N) is 4. The highest BCUT2D eigenvalue weighted by Gasteiger charge is 2.38. The maximum atomic E-state index is 5.16. The maximum Gasteiger partial charge on any atom is 0.226 e. The van der Waals surface area contributed by atoms with Crippen LogP contribution >= 0.6 is 35.7 Å². The smallest absolute Gasteiger partial charge is 0.226 e. The Morgan fingerprint density at radius 3 is 2.84 bits per heavy atom. The van der Waals surface area contributed by atoms with Crippen LogP contribution in [0.15, 0.2) is 9.52 Å². The summed E-state index contributed by atoms with van der Waals surface area (Å²) in [5.74, 6) is 3.69. The summed E-state index contributed by atoms with van der Waals surface area (Å²) in [5, 5.41) is 7.49. The fourth-order valence-corrected chi connectivity index (χ4v) is 5.25. The van der Waals surface area contributed by atoms with E-state index >= 15 is 0 Å². The molecule has 0 bridgehead atoms. The zero-order chi connectivity index (χ0) is 16.8. The Hall–Kier alpha value is -0.510. The summed E-state index contributed by atoms with van der Waals surface area (Å²) in [7, 11) is 1.88. The van der Waals surface area contributed by atoms with E-state index in [1.807, 2.05) is 14.0 Å². The molecule has 0 radical (unpaired) electrons. The first-order valence-corrected chi connectivity index (χ1v) is 10.1. The Morgan fingerprint density at radius 2 is 2.16 bits per heavy atom. The lowest BCUT2D eigenvalue weighted by atomic mass is 9.87. The monoisotopic (exact) mass is 479 g/mol. The molecule has 1 saturated carbocycles. The number of aliphatic imine (C=N–C) groups is 1. The van der Waals surface area contributed by atoms with Gasteiger partial charge in [0.1, 0.15) is 0 Å². The zero-order valence-corrected chi connectivity index (χ0v) is 18.4. The number of nitrogens with one attached hydrogen (secondary N) is 1. The Balaban J connectivity index is 0.00000225. The summed E-state index contributed by atoms with van der Waals surface area (Å²) < 4.78 is 5.61. The van der Waals surface area contributed by atoms with E-state index < -0.39 is 0 Å². The minimum atomic E-state index is 0. The first-order valence-electron chi connectivity index (χ1n) is 9.16.